The van der Waals surface area contributed by atoms with Gasteiger partial charge in [0.1, 0.15) is 17.1 Å². The van der Waals surface area contributed by atoms with E-state index < -0.39 is 8.32 Å². The van der Waals surface area contributed by atoms with Crippen LogP contribution in [-0.2, 0) is 24.2 Å². The fourth-order valence-corrected chi connectivity index (χ4v) is 11.8. The number of fused-ring (bicyclic) bond motifs is 2. The van der Waals surface area contributed by atoms with Crippen LogP contribution in [0, 0.1) is 18.2 Å². The maximum Gasteiger partial charge on any atom is 0.258 e. The van der Waals surface area contributed by atoms with Crippen LogP contribution in [0.25, 0.3) is 10.9 Å². The standard InChI is InChI=1S/C33H40FN3O3Si/c1-9-14-35-29(38)17-26-27-16-24(15-23-10-12-25(34)13-11-23)18-36-31(27)32(30-28(26)19-37(8)33(30)39)40-41(20(2)3,21(4)5)22(6)7/h1,10-13,16,18,20-22H,14-15,17,19H2,2-8H3,(H,35,38). The monoisotopic (exact) mass is 573 g/mol. The average molecular weight is 574 g/mol. The first kappa shape index (κ1) is 30.3. The van der Waals surface area contributed by atoms with Crippen molar-refractivity contribution in [1.29, 1.82) is 0 Å². The Labute approximate surface area is 243 Å². The summed E-state index contributed by atoms with van der Waals surface area (Å²) < 4.78 is 20.7. The zero-order valence-corrected chi connectivity index (χ0v) is 26.1. The summed E-state index contributed by atoms with van der Waals surface area (Å²) >= 11 is 0. The Morgan fingerprint density at radius 1 is 1.12 bits per heavy atom. The van der Waals surface area contributed by atoms with E-state index in [0.29, 0.717) is 29.8 Å². The van der Waals surface area contributed by atoms with Crippen molar-refractivity contribution >= 4 is 31.0 Å². The second kappa shape index (κ2) is 12.0. The lowest BCUT2D eigenvalue weighted by atomic mass is 9.93. The molecule has 0 saturated carbocycles. The van der Waals surface area contributed by atoms with E-state index in [1.54, 1.807) is 30.3 Å². The van der Waals surface area contributed by atoms with E-state index in [0.717, 1.165) is 27.6 Å². The van der Waals surface area contributed by atoms with Gasteiger partial charge in [0.15, 0.2) is 0 Å². The summed E-state index contributed by atoms with van der Waals surface area (Å²) in [5.41, 5.74) is 5.38. The predicted octanol–water partition coefficient (Wildman–Crippen LogP) is 6.40. The summed E-state index contributed by atoms with van der Waals surface area (Å²) in [5.74, 6) is 2.35. The van der Waals surface area contributed by atoms with Gasteiger partial charge in [0, 0.05) is 25.2 Å². The number of nitrogens with one attached hydrogen (secondary N) is 1. The SMILES string of the molecule is C#CCNC(=O)Cc1c2c(c(O[Si](C(C)C)(C(C)C)C(C)C)c3ncc(Cc4ccc(F)cc4)cc13)C(=O)N(C)C2. The number of carbonyl (C=O) groups is 2. The van der Waals surface area contributed by atoms with Gasteiger partial charge in [-0.05, 0) is 63.5 Å². The molecule has 3 aromatic rings. The van der Waals surface area contributed by atoms with E-state index in [-0.39, 0.29) is 47.2 Å². The average Bonchev–Trinajstić information content (AvgIpc) is 3.21. The molecule has 0 spiro atoms. The van der Waals surface area contributed by atoms with Crippen LogP contribution < -0.4 is 9.74 Å². The molecule has 0 fully saturated rings. The minimum absolute atomic E-state index is 0.0602. The Bertz CT molecular complexity index is 1490. The maximum absolute atomic E-state index is 13.7. The molecular formula is C33H40FN3O3Si. The molecule has 41 heavy (non-hydrogen) atoms. The molecule has 2 heterocycles. The Morgan fingerprint density at radius 3 is 2.34 bits per heavy atom. The molecule has 1 N–H and O–H groups in total. The van der Waals surface area contributed by atoms with Crippen LogP contribution in [0.3, 0.4) is 0 Å². The number of hydrogen-bond acceptors (Lipinski definition) is 4. The summed E-state index contributed by atoms with van der Waals surface area (Å²) in [5, 5.41) is 3.55. The molecule has 0 unspecified atom stereocenters. The number of pyridine rings is 1. The van der Waals surface area contributed by atoms with E-state index in [2.05, 4.69) is 52.8 Å². The normalized spacial score (nSPS) is 13.3. The molecule has 1 aromatic heterocycles. The molecule has 6 nitrogen and oxygen atoms in total. The molecule has 0 radical (unpaired) electrons. The van der Waals surface area contributed by atoms with Gasteiger partial charge in [-0.1, -0.05) is 59.6 Å². The third-order valence-electron chi connectivity index (χ3n) is 8.37. The maximum atomic E-state index is 13.7. The Morgan fingerprint density at radius 2 is 1.76 bits per heavy atom. The molecular weight excluding hydrogens is 533 g/mol. The lowest BCUT2D eigenvalue weighted by molar-refractivity contribution is -0.120. The Balaban J connectivity index is 1.99. The van der Waals surface area contributed by atoms with Gasteiger partial charge in [-0.2, -0.15) is 0 Å². The molecule has 2 aromatic carbocycles. The number of hydrogen-bond donors (Lipinski definition) is 1. The van der Waals surface area contributed by atoms with E-state index in [4.69, 9.17) is 15.8 Å². The molecule has 0 saturated heterocycles. The van der Waals surface area contributed by atoms with E-state index in [1.165, 1.54) is 12.1 Å². The second-order valence-corrected chi connectivity index (χ2v) is 17.3. The van der Waals surface area contributed by atoms with Crippen molar-refractivity contribution in [1.82, 2.24) is 15.2 Å². The number of nitrogens with zero attached hydrogens (tertiary/aromatic N) is 2. The minimum Gasteiger partial charge on any atom is -0.541 e. The van der Waals surface area contributed by atoms with Gasteiger partial charge in [0.2, 0.25) is 5.91 Å². The largest absolute Gasteiger partial charge is 0.541 e. The Hall–Kier alpha value is -3.70. The summed E-state index contributed by atoms with van der Waals surface area (Å²) in [7, 11) is -0.706. The number of halogens is 1. The highest BCUT2D eigenvalue weighted by Crippen LogP contribution is 2.47. The van der Waals surface area contributed by atoms with Crippen molar-refractivity contribution in [2.75, 3.05) is 13.6 Å². The van der Waals surface area contributed by atoms with Gasteiger partial charge < -0.3 is 14.6 Å². The number of benzene rings is 2. The summed E-state index contributed by atoms with van der Waals surface area (Å²) in [6, 6.07) is 8.44. The van der Waals surface area contributed by atoms with Gasteiger partial charge in [-0.15, -0.1) is 6.42 Å². The molecule has 4 rings (SSSR count). The van der Waals surface area contributed by atoms with E-state index in [9.17, 15) is 14.0 Å². The van der Waals surface area contributed by atoms with Crippen LogP contribution in [0.15, 0.2) is 36.5 Å². The first-order valence-electron chi connectivity index (χ1n) is 14.3. The van der Waals surface area contributed by atoms with Crippen molar-refractivity contribution in [3.8, 4) is 18.1 Å². The summed E-state index contributed by atoms with van der Waals surface area (Å²) in [4.78, 5) is 33.2. The van der Waals surface area contributed by atoms with E-state index in [1.807, 2.05) is 6.07 Å². The molecule has 1 aliphatic heterocycles. The highest BCUT2D eigenvalue weighted by molar-refractivity contribution is 6.78. The van der Waals surface area contributed by atoms with E-state index >= 15 is 0 Å². The van der Waals surface area contributed by atoms with Gasteiger partial charge in [0.25, 0.3) is 14.2 Å². The smallest absolute Gasteiger partial charge is 0.258 e. The number of aromatic nitrogens is 1. The zero-order valence-electron chi connectivity index (χ0n) is 25.1. The zero-order chi connectivity index (χ0) is 30.1. The molecule has 0 atom stereocenters. The summed E-state index contributed by atoms with van der Waals surface area (Å²) in [6.07, 6.45) is 7.77. The van der Waals surface area contributed by atoms with Gasteiger partial charge >= 0.3 is 0 Å². The number of amides is 2. The quantitative estimate of drug-likeness (QED) is 0.225. The van der Waals surface area contributed by atoms with Crippen molar-refractivity contribution in [2.45, 2.75) is 77.6 Å². The van der Waals surface area contributed by atoms with Crippen molar-refractivity contribution in [2.24, 2.45) is 0 Å². The van der Waals surface area contributed by atoms with Crippen LogP contribution in [0.1, 0.15) is 74.2 Å². The third kappa shape index (κ3) is 5.73. The van der Waals surface area contributed by atoms with Crippen LogP contribution in [0.4, 0.5) is 4.39 Å². The first-order valence-corrected chi connectivity index (χ1v) is 16.4. The molecule has 216 valence electrons. The van der Waals surface area contributed by atoms with Crippen LogP contribution >= 0.6 is 0 Å². The molecule has 8 heteroatoms. The van der Waals surface area contributed by atoms with Gasteiger partial charge in [-0.3, -0.25) is 14.6 Å². The number of terminal acetylenes is 1. The highest BCUT2D eigenvalue weighted by atomic mass is 28.4. The van der Waals surface area contributed by atoms with Gasteiger partial charge in [0.05, 0.1) is 18.5 Å². The minimum atomic E-state index is -2.47. The van der Waals surface area contributed by atoms with Crippen LogP contribution in [-0.4, -0.2) is 43.6 Å². The number of rotatable bonds is 10. The topological polar surface area (TPSA) is 71.5 Å². The summed E-state index contributed by atoms with van der Waals surface area (Å²) in [6.45, 7) is 13.8. The molecule has 1 aliphatic rings. The molecule has 0 bridgehead atoms. The predicted molar refractivity (Wildman–Crippen MR) is 164 cm³/mol. The number of carbonyl (C=O) groups excluding carboxylic acids is 2. The van der Waals surface area contributed by atoms with Crippen LogP contribution in [0.2, 0.25) is 16.6 Å². The van der Waals surface area contributed by atoms with Crippen molar-refractivity contribution in [3.63, 3.8) is 0 Å². The molecule has 0 aliphatic carbocycles. The van der Waals surface area contributed by atoms with Crippen molar-refractivity contribution < 1.29 is 18.4 Å². The second-order valence-electron chi connectivity index (χ2n) is 11.9. The lowest BCUT2D eigenvalue weighted by Crippen LogP contribution is -2.51. The lowest BCUT2D eigenvalue weighted by Gasteiger charge is -2.42. The highest BCUT2D eigenvalue weighted by Gasteiger charge is 2.49. The fourth-order valence-electron chi connectivity index (χ4n) is 6.53. The fraction of sp³-hybridized carbons (Fsp3) is 0.424. The van der Waals surface area contributed by atoms with Gasteiger partial charge in [-0.25, -0.2) is 4.39 Å². The van der Waals surface area contributed by atoms with Crippen molar-refractivity contribution in [3.05, 3.63) is 70.2 Å². The molecule has 2 amide bonds. The van der Waals surface area contributed by atoms with Crippen LogP contribution in [0.5, 0.6) is 5.75 Å². The first-order chi connectivity index (χ1) is 19.4. The third-order valence-corrected chi connectivity index (χ3v) is 14.3. The Kier molecular flexibility index (Phi) is 8.88.